The molecule has 5 rings (SSSR count). The first-order valence-corrected chi connectivity index (χ1v) is 12.7. The van der Waals surface area contributed by atoms with Gasteiger partial charge in [-0.1, -0.05) is 35.6 Å². The molecular weight excluding hydrogens is 472 g/mol. The predicted octanol–water partition coefficient (Wildman–Crippen LogP) is 6.42. The van der Waals surface area contributed by atoms with Gasteiger partial charge in [0.05, 0.1) is 23.2 Å². The predicted molar refractivity (Wildman–Crippen MR) is 142 cm³/mol. The van der Waals surface area contributed by atoms with Gasteiger partial charge in [-0.3, -0.25) is 9.69 Å². The van der Waals surface area contributed by atoms with Crippen LogP contribution in [0.5, 0.6) is 17.2 Å². The topological polar surface area (TPSA) is 69.5 Å². The van der Waals surface area contributed by atoms with Crippen molar-refractivity contribution in [2.75, 3.05) is 18.1 Å². The molecule has 0 bridgehead atoms. The molecule has 0 saturated heterocycles. The molecule has 8 heteroatoms. The van der Waals surface area contributed by atoms with Crippen molar-refractivity contribution >= 4 is 32.6 Å². The number of ether oxygens (including phenoxy) is 2. The Labute approximate surface area is 213 Å². The maximum Gasteiger partial charge on any atom is 0.260 e. The lowest BCUT2D eigenvalue weighted by Gasteiger charge is -2.20. The summed E-state index contributed by atoms with van der Waals surface area (Å²) in [7, 11) is 0. The number of rotatable bonds is 10. The molecule has 0 aliphatic carbocycles. The van der Waals surface area contributed by atoms with Crippen LogP contribution in [0.15, 0.2) is 91.5 Å². The van der Waals surface area contributed by atoms with Crippen LogP contribution in [0.25, 0.3) is 10.2 Å². The Morgan fingerprint density at radius 2 is 1.86 bits per heavy atom. The monoisotopic (exact) mass is 498 g/mol. The fourth-order valence-electron chi connectivity index (χ4n) is 3.85. The van der Waals surface area contributed by atoms with Gasteiger partial charge >= 0.3 is 0 Å². The second kappa shape index (κ2) is 11.0. The van der Waals surface area contributed by atoms with Gasteiger partial charge in [0.25, 0.3) is 5.91 Å². The van der Waals surface area contributed by atoms with Crippen LogP contribution in [0.2, 0.25) is 0 Å². The van der Waals surface area contributed by atoms with Gasteiger partial charge in [-0.15, -0.1) is 0 Å². The van der Waals surface area contributed by atoms with Crippen molar-refractivity contribution in [3.63, 3.8) is 0 Å². The standard InChI is InChI=1S/C28H26N4O3S/c1-2-34-23-12-13-25-26(19-23)36-28(30-25)32(16-7-15-31-17-14-29-20-31)27(33)21-8-6-11-24(18-21)35-22-9-4-3-5-10-22/h3-6,8-14,17-20H,2,7,15-16H2,1H3. The van der Waals surface area contributed by atoms with Crippen LogP contribution in [0, 0.1) is 0 Å². The third-order valence-corrected chi connectivity index (χ3v) is 6.59. The van der Waals surface area contributed by atoms with E-state index >= 15 is 0 Å². The number of nitrogens with zero attached hydrogens (tertiary/aromatic N) is 4. The summed E-state index contributed by atoms with van der Waals surface area (Å²) < 4.78 is 14.6. The SMILES string of the molecule is CCOc1ccc2nc(N(CCCn3ccnc3)C(=O)c3cccc(Oc4ccccc4)c3)sc2c1. The molecule has 0 spiro atoms. The minimum absolute atomic E-state index is 0.122. The summed E-state index contributed by atoms with van der Waals surface area (Å²) in [6, 6.07) is 22.6. The van der Waals surface area contributed by atoms with Crippen molar-refractivity contribution in [2.24, 2.45) is 0 Å². The number of aromatic nitrogens is 3. The van der Waals surface area contributed by atoms with E-state index in [1.807, 2.05) is 84.4 Å². The zero-order valence-electron chi connectivity index (χ0n) is 19.9. The molecule has 0 unspecified atom stereocenters. The van der Waals surface area contributed by atoms with E-state index in [1.165, 1.54) is 11.3 Å². The van der Waals surface area contributed by atoms with Gasteiger partial charge in [0.15, 0.2) is 5.13 Å². The van der Waals surface area contributed by atoms with E-state index in [9.17, 15) is 4.79 Å². The quantitative estimate of drug-likeness (QED) is 0.222. The normalized spacial score (nSPS) is 10.9. The smallest absolute Gasteiger partial charge is 0.260 e. The Kier molecular flexibility index (Phi) is 7.23. The molecule has 0 fully saturated rings. The number of fused-ring (bicyclic) bond motifs is 1. The number of hydrogen-bond donors (Lipinski definition) is 0. The Balaban J connectivity index is 1.42. The molecule has 2 aromatic heterocycles. The summed E-state index contributed by atoms with van der Waals surface area (Å²) in [6.07, 6.45) is 6.21. The molecule has 7 nitrogen and oxygen atoms in total. The first-order chi connectivity index (χ1) is 17.7. The summed E-state index contributed by atoms with van der Waals surface area (Å²) >= 11 is 1.49. The molecule has 0 radical (unpaired) electrons. The number of benzene rings is 3. The highest BCUT2D eigenvalue weighted by molar-refractivity contribution is 7.22. The summed E-state index contributed by atoms with van der Waals surface area (Å²) in [5.74, 6) is 2.00. The molecule has 0 aliphatic heterocycles. The first-order valence-electron chi connectivity index (χ1n) is 11.8. The van der Waals surface area contributed by atoms with Crippen LogP contribution in [-0.4, -0.2) is 33.6 Å². The van der Waals surface area contributed by atoms with Crippen molar-refractivity contribution in [3.05, 3.63) is 97.1 Å². The van der Waals surface area contributed by atoms with Crippen LogP contribution in [0.1, 0.15) is 23.7 Å². The van der Waals surface area contributed by atoms with Crippen LogP contribution < -0.4 is 14.4 Å². The first kappa shape index (κ1) is 23.6. The highest BCUT2D eigenvalue weighted by Gasteiger charge is 2.22. The second-order valence-corrected chi connectivity index (χ2v) is 9.12. The lowest BCUT2D eigenvalue weighted by molar-refractivity contribution is 0.0986. The molecule has 0 atom stereocenters. The number of amides is 1. The van der Waals surface area contributed by atoms with E-state index in [0.29, 0.717) is 29.6 Å². The van der Waals surface area contributed by atoms with Gasteiger partial charge in [0.1, 0.15) is 17.2 Å². The molecule has 0 N–H and O–H groups in total. The Bertz CT molecular complexity index is 1430. The number of carbonyl (C=O) groups excluding carboxylic acids is 1. The van der Waals surface area contributed by atoms with Crippen LogP contribution >= 0.6 is 11.3 Å². The molecule has 3 aromatic carbocycles. The number of hydrogen-bond acceptors (Lipinski definition) is 6. The van der Waals surface area contributed by atoms with Crippen molar-refractivity contribution in [2.45, 2.75) is 19.9 Å². The van der Waals surface area contributed by atoms with Gasteiger partial charge in [0.2, 0.25) is 0 Å². The Morgan fingerprint density at radius 3 is 2.67 bits per heavy atom. The minimum Gasteiger partial charge on any atom is -0.494 e. The van der Waals surface area contributed by atoms with E-state index < -0.39 is 0 Å². The number of carbonyl (C=O) groups is 1. The highest BCUT2D eigenvalue weighted by Crippen LogP contribution is 2.33. The highest BCUT2D eigenvalue weighted by atomic mass is 32.1. The van der Waals surface area contributed by atoms with Crippen molar-refractivity contribution in [1.82, 2.24) is 14.5 Å². The van der Waals surface area contributed by atoms with Crippen molar-refractivity contribution in [1.29, 1.82) is 0 Å². The van der Waals surface area contributed by atoms with Crippen molar-refractivity contribution in [3.8, 4) is 17.2 Å². The van der Waals surface area contributed by atoms with E-state index in [0.717, 1.165) is 34.7 Å². The van der Waals surface area contributed by atoms with Crippen LogP contribution in [0.4, 0.5) is 5.13 Å². The number of para-hydroxylation sites is 1. The van der Waals surface area contributed by atoms with Gasteiger partial charge < -0.3 is 14.0 Å². The summed E-state index contributed by atoms with van der Waals surface area (Å²) in [5, 5.41) is 0.656. The Morgan fingerprint density at radius 1 is 1.00 bits per heavy atom. The zero-order chi connectivity index (χ0) is 24.7. The van der Waals surface area contributed by atoms with E-state index in [1.54, 1.807) is 23.5 Å². The maximum absolute atomic E-state index is 13.8. The van der Waals surface area contributed by atoms with Gasteiger partial charge in [0, 0.05) is 31.0 Å². The number of imidazole rings is 1. The number of aryl methyl sites for hydroxylation is 1. The van der Waals surface area contributed by atoms with Crippen molar-refractivity contribution < 1.29 is 14.3 Å². The number of thiazole rings is 1. The summed E-state index contributed by atoms with van der Waals surface area (Å²) in [4.78, 5) is 24.4. The fraction of sp³-hybridized carbons (Fsp3) is 0.179. The molecular formula is C28H26N4O3S. The fourth-order valence-corrected chi connectivity index (χ4v) is 4.87. The maximum atomic E-state index is 13.8. The lowest BCUT2D eigenvalue weighted by Crippen LogP contribution is -2.32. The second-order valence-electron chi connectivity index (χ2n) is 8.11. The molecule has 1 amide bonds. The molecule has 182 valence electrons. The van der Waals surface area contributed by atoms with Gasteiger partial charge in [-0.25, -0.2) is 9.97 Å². The minimum atomic E-state index is -0.122. The molecule has 2 heterocycles. The molecule has 36 heavy (non-hydrogen) atoms. The third kappa shape index (κ3) is 5.55. The largest absolute Gasteiger partial charge is 0.494 e. The average molecular weight is 499 g/mol. The van der Waals surface area contributed by atoms with E-state index in [4.69, 9.17) is 14.5 Å². The zero-order valence-corrected chi connectivity index (χ0v) is 20.7. The molecule has 0 aliphatic rings. The third-order valence-electron chi connectivity index (χ3n) is 5.55. The summed E-state index contributed by atoms with van der Waals surface area (Å²) in [6.45, 7) is 3.81. The van der Waals surface area contributed by atoms with E-state index in [2.05, 4.69) is 4.98 Å². The lowest BCUT2D eigenvalue weighted by atomic mass is 10.2. The number of anilines is 1. The van der Waals surface area contributed by atoms with Crippen LogP contribution in [-0.2, 0) is 6.54 Å². The average Bonchev–Trinajstić information content (AvgIpc) is 3.57. The van der Waals surface area contributed by atoms with Gasteiger partial charge in [-0.05, 0) is 61.9 Å². The Hall–Kier alpha value is -4.17. The van der Waals surface area contributed by atoms with Gasteiger partial charge in [-0.2, -0.15) is 0 Å². The molecule has 5 aromatic rings. The summed E-state index contributed by atoms with van der Waals surface area (Å²) in [5.41, 5.74) is 1.38. The molecule has 0 saturated carbocycles. The van der Waals surface area contributed by atoms with Crippen LogP contribution in [0.3, 0.4) is 0 Å². The van der Waals surface area contributed by atoms with E-state index in [-0.39, 0.29) is 5.91 Å².